The summed E-state index contributed by atoms with van der Waals surface area (Å²) in [4.78, 5) is 4.70. The van der Waals surface area contributed by atoms with Crippen LogP contribution in [0.4, 0.5) is 0 Å². The molecular weight excluding hydrogens is 323 g/mol. The molecule has 0 saturated carbocycles. The molecule has 1 N–H and O–H groups in total. The molecule has 2 rings (SSSR count). The van der Waals surface area contributed by atoms with Crippen molar-refractivity contribution in [3.05, 3.63) is 28.2 Å². The van der Waals surface area contributed by atoms with Gasteiger partial charge in [-0.1, -0.05) is 29.3 Å². The van der Waals surface area contributed by atoms with Crippen LogP contribution in [-0.2, 0) is 0 Å². The minimum Gasteiger partial charge on any atom is -0.489 e. The Labute approximate surface area is 142 Å². The van der Waals surface area contributed by atoms with E-state index in [1.165, 1.54) is 0 Å². The molecule has 0 aromatic heterocycles. The summed E-state index contributed by atoms with van der Waals surface area (Å²) in [6, 6.07) is 5.80. The van der Waals surface area contributed by atoms with E-state index in [0.717, 1.165) is 32.7 Å². The van der Waals surface area contributed by atoms with Crippen molar-refractivity contribution >= 4 is 23.2 Å². The van der Waals surface area contributed by atoms with Crippen LogP contribution < -0.4 is 4.74 Å². The van der Waals surface area contributed by atoms with Crippen molar-refractivity contribution < 1.29 is 9.84 Å². The average molecular weight is 347 g/mol. The predicted octanol–water partition coefficient (Wildman–Crippen LogP) is 2.76. The molecule has 0 amide bonds. The number of para-hydroxylation sites is 1. The quantitative estimate of drug-likeness (QED) is 0.859. The van der Waals surface area contributed by atoms with Gasteiger partial charge in [0.1, 0.15) is 6.61 Å². The van der Waals surface area contributed by atoms with Gasteiger partial charge < -0.3 is 9.84 Å². The Morgan fingerprint density at radius 1 is 1.32 bits per heavy atom. The van der Waals surface area contributed by atoms with E-state index in [1.54, 1.807) is 18.2 Å². The second kappa shape index (κ2) is 8.37. The lowest BCUT2D eigenvalue weighted by atomic mass is 10.1. The van der Waals surface area contributed by atoms with E-state index >= 15 is 0 Å². The van der Waals surface area contributed by atoms with Crippen LogP contribution in [0.2, 0.25) is 10.0 Å². The van der Waals surface area contributed by atoms with Gasteiger partial charge in [0.05, 0.1) is 16.1 Å². The largest absolute Gasteiger partial charge is 0.489 e. The molecule has 1 aliphatic rings. The topological polar surface area (TPSA) is 35.9 Å². The maximum Gasteiger partial charge on any atom is 0.156 e. The van der Waals surface area contributed by atoms with Crippen molar-refractivity contribution in [3.63, 3.8) is 0 Å². The van der Waals surface area contributed by atoms with Crippen LogP contribution in [0.1, 0.15) is 13.8 Å². The fraction of sp³-hybridized carbons (Fsp3) is 0.625. The molecule has 1 aromatic carbocycles. The first-order valence-corrected chi connectivity index (χ1v) is 8.44. The summed E-state index contributed by atoms with van der Waals surface area (Å²) in [6.07, 6.45) is -0.278. The van der Waals surface area contributed by atoms with E-state index < -0.39 is 0 Å². The minimum atomic E-state index is -0.278. The standard InChI is InChI=1S/C16H24Cl2N2O2/c1-12-10-19(6-7-20(12)11-13(2)21)8-9-22-16-14(17)4-3-5-15(16)18/h3-5,12-13,21H,6-11H2,1-2H3/t12-,13+/m1/s1. The van der Waals surface area contributed by atoms with Crippen LogP contribution in [0.5, 0.6) is 5.75 Å². The first-order valence-electron chi connectivity index (χ1n) is 7.68. The van der Waals surface area contributed by atoms with Crippen molar-refractivity contribution in [2.45, 2.75) is 26.0 Å². The van der Waals surface area contributed by atoms with Crippen molar-refractivity contribution in [2.75, 3.05) is 39.3 Å². The van der Waals surface area contributed by atoms with Crippen LogP contribution in [0.3, 0.4) is 0 Å². The number of hydrogen-bond donors (Lipinski definition) is 1. The van der Waals surface area contributed by atoms with Crippen molar-refractivity contribution in [1.29, 1.82) is 0 Å². The first-order chi connectivity index (χ1) is 10.5. The third kappa shape index (κ3) is 5.00. The molecule has 6 heteroatoms. The molecule has 1 heterocycles. The van der Waals surface area contributed by atoms with E-state index in [4.69, 9.17) is 27.9 Å². The number of nitrogens with zero attached hydrogens (tertiary/aromatic N) is 2. The molecule has 22 heavy (non-hydrogen) atoms. The van der Waals surface area contributed by atoms with Gasteiger partial charge in [-0.05, 0) is 26.0 Å². The highest BCUT2D eigenvalue weighted by atomic mass is 35.5. The highest BCUT2D eigenvalue weighted by Gasteiger charge is 2.24. The summed E-state index contributed by atoms with van der Waals surface area (Å²) in [5.41, 5.74) is 0. The lowest BCUT2D eigenvalue weighted by molar-refractivity contribution is 0.0405. The summed E-state index contributed by atoms with van der Waals surface area (Å²) in [6.45, 7) is 9.10. The first kappa shape index (κ1) is 17.8. The van der Waals surface area contributed by atoms with Crippen LogP contribution >= 0.6 is 23.2 Å². The molecule has 0 unspecified atom stereocenters. The lowest BCUT2D eigenvalue weighted by Crippen LogP contribution is -2.54. The van der Waals surface area contributed by atoms with Crippen molar-refractivity contribution in [3.8, 4) is 5.75 Å². The summed E-state index contributed by atoms with van der Waals surface area (Å²) in [5, 5.41) is 10.6. The molecule has 0 spiro atoms. The highest BCUT2D eigenvalue weighted by molar-refractivity contribution is 6.37. The molecule has 1 aliphatic heterocycles. The Morgan fingerprint density at radius 3 is 2.59 bits per heavy atom. The van der Waals surface area contributed by atoms with Crippen molar-refractivity contribution in [1.82, 2.24) is 9.80 Å². The Kier molecular flexibility index (Phi) is 6.78. The number of halogens is 2. The molecule has 1 saturated heterocycles. The summed E-state index contributed by atoms with van der Waals surface area (Å²) < 4.78 is 5.74. The van der Waals surface area contributed by atoms with E-state index in [2.05, 4.69) is 16.7 Å². The predicted molar refractivity (Wildman–Crippen MR) is 91.1 cm³/mol. The SMILES string of the molecule is C[C@H](O)CN1CCN(CCOc2c(Cl)cccc2Cl)C[C@H]1C. The zero-order chi connectivity index (χ0) is 16.1. The Bertz CT molecular complexity index is 465. The van der Waals surface area contributed by atoms with Crippen LogP contribution in [0.25, 0.3) is 0 Å². The highest BCUT2D eigenvalue weighted by Crippen LogP contribution is 2.32. The normalized spacial score (nSPS) is 21.8. The van der Waals surface area contributed by atoms with Crippen LogP contribution in [0, 0.1) is 0 Å². The molecular formula is C16H24Cl2N2O2. The maximum atomic E-state index is 9.51. The number of benzene rings is 1. The minimum absolute atomic E-state index is 0.278. The molecule has 2 atom stereocenters. The van der Waals surface area contributed by atoms with Gasteiger partial charge in [-0.25, -0.2) is 0 Å². The van der Waals surface area contributed by atoms with Gasteiger partial charge in [-0.15, -0.1) is 0 Å². The second-order valence-electron chi connectivity index (χ2n) is 5.89. The fourth-order valence-corrected chi connectivity index (χ4v) is 3.29. The number of hydrogen-bond acceptors (Lipinski definition) is 4. The molecule has 0 radical (unpaired) electrons. The summed E-state index contributed by atoms with van der Waals surface area (Å²) >= 11 is 12.2. The number of piperazine rings is 1. The van der Waals surface area contributed by atoms with Gasteiger partial charge in [0.2, 0.25) is 0 Å². The Hall–Kier alpha value is -0.520. The number of β-amino-alcohol motifs (C(OH)–C–C–N with tert-alkyl or cyclic N) is 1. The fourth-order valence-electron chi connectivity index (χ4n) is 2.78. The molecule has 0 bridgehead atoms. The number of rotatable bonds is 6. The monoisotopic (exact) mass is 346 g/mol. The zero-order valence-electron chi connectivity index (χ0n) is 13.1. The number of aliphatic hydroxyl groups is 1. The Balaban J connectivity index is 1.77. The Morgan fingerprint density at radius 2 is 2.00 bits per heavy atom. The molecule has 4 nitrogen and oxygen atoms in total. The van der Waals surface area contributed by atoms with Crippen LogP contribution in [-0.4, -0.2) is 66.4 Å². The van der Waals surface area contributed by atoms with Gasteiger partial charge in [-0.3, -0.25) is 9.80 Å². The zero-order valence-corrected chi connectivity index (χ0v) is 14.6. The van der Waals surface area contributed by atoms with E-state index in [-0.39, 0.29) is 6.10 Å². The maximum absolute atomic E-state index is 9.51. The van der Waals surface area contributed by atoms with E-state index in [9.17, 15) is 5.11 Å². The van der Waals surface area contributed by atoms with E-state index in [0.29, 0.717) is 28.4 Å². The third-order valence-corrected chi connectivity index (χ3v) is 4.52. The molecule has 124 valence electrons. The summed E-state index contributed by atoms with van der Waals surface area (Å²) in [7, 11) is 0. The third-order valence-electron chi connectivity index (χ3n) is 3.92. The van der Waals surface area contributed by atoms with Gasteiger partial charge in [0.25, 0.3) is 0 Å². The van der Waals surface area contributed by atoms with Gasteiger partial charge in [0, 0.05) is 38.8 Å². The molecule has 1 fully saturated rings. The van der Waals surface area contributed by atoms with Gasteiger partial charge in [-0.2, -0.15) is 0 Å². The average Bonchev–Trinajstić information content (AvgIpc) is 2.44. The lowest BCUT2D eigenvalue weighted by Gasteiger charge is -2.40. The van der Waals surface area contributed by atoms with E-state index in [1.807, 2.05) is 6.92 Å². The van der Waals surface area contributed by atoms with Crippen LogP contribution in [0.15, 0.2) is 18.2 Å². The number of ether oxygens (including phenoxy) is 1. The van der Waals surface area contributed by atoms with Gasteiger partial charge >= 0.3 is 0 Å². The van der Waals surface area contributed by atoms with Gasteiger partial charge in [0.15, 0.2) is 5.75 Å². The van der Waals surface area contributed by atoms with Crippen molar-refractivity contribution in [2.24, 2.45) is 0 Å². The molecule has 1 aromatic rings. The second-order valence-corrected chi connectivity index (χ2v) is 6.71. The smallest absolute Gasteiger partial charge is 0.156 e. The molecule has 0 aliphatic carbocycles. The number of aliphatic hydroxyl groups excluding tert-OH is 1. The summed E-state index contributed by atoms with van der Waals surface area (Å²) in [5.74, 6) is 0.562.